The average Bonchev–Trinajstić information content (AvgIpc) is 3.64. The Morgan fingerprint density at radius 2 is 1.98 bits per heavy atom. The molecule has 11 nitrogen and oxygen atoms in total. The molecule has 0 radical (unpaired) electrons. The summed E-state index contributed by atoms with van der Waals surface area (Å²) in [5, 5.41) is 17.0. The number of amides is 2. The number of pyridine rings is 1. The molecule has 1 atom stereocenters. The number of hydrogen-bond acceptors (Lipinski definition) is 8. The van der Waals surface area contributed by atoms with Gasteiger partial charge in [0.15, 0.2) is 5.69 Å². The number of carbonyl (C=O) groups is 2. The van der Waals surface area contributed by atoms with Crippen LogP contribution in [-0.4, -0.2) is 67.3 Å². The number of ether oxygens (including phenoxy) is 1. The zero-order valence-corrected chi connectivity index (χ0v) is 27.7. The minimum absolute atomic E-state index is 0.0183. The molecule has 0 aliphatic carbocycles. The smallest absolute Gasteiger partial charge is 0.416 e. The molecule has 49 heavy (non-hydrogen) atoms. The second-order valence-corrected chi connectivity index (χ2v) is 14.3. The van der Waals surface area contributed by atoms with Crippen molar-refractivity contribution in [3.63, 3.8) is 0 Å². The molecule has 1 spiro atoms. The lowest BCUT2D eigenvalue weighted by molar-refractivity contribution is -0.137. The molecule has 6 heterocycles. The Balaban J connectivity index is 1.26. The van der Waals surface area contributed by atoms with Gasteiger partial charge in [0.2, 0.25) is 5.91 Å². The van der Waals surface area contributed by atoms with E-state index in [0.29, 0.717) is 68.2 Å². The van der Waals surface area contributed by atoms with Crippen LogP contribution in [0.5, 0.6) is 5.75 Å². The van der Waals surface area contributed by atoms with Gasteiger partial charge in [-0.1, -0.05) is 17.7 Å². The Hall–Kier alpha value is -4.34. The number of aromatic hydroxyl groups is 1. The summed E-state index contributed by atoms with van der Waals surface area (Å²) in [5.74, 6) is -1.18. The SMILES string of the molecule is CC1SC2(CCN(C(=O)c3ncccc3O)CC2)c2c1n(CC(=O)Nc1ccc(C(F)(F)F)cc1Cl)c1cc(C3=CCOCC3)nn1c2=O. The summed E-state index contributed by atoms with van der Waals surface area (Å²) in [6.45, 7) is 3.19. The van der Waals surface area contributed by atoms with Crippen LogP contribution in [0.3, 0.4) is 0 Å². The Labute approximate surface area is 286 Å². The van der Waals surface area contributed by atoms with Gasteiger partial charge in [-0.25, -0.2) is 4.98 Å². The van der Waals surface area contributed by atoms with Gasteiger partial charge >= 0.3 is 6.18 Å². The van der Waals surface area contributed by atoms with Gasteiger partial charge in [-0.05, 0) is 62.1 Å². The first kappa shape index (κ1) is 33.2. The molecule has 2 amide bonds. The number of nitrogens with zero attached hydrogens (tertiary/aromatic N) is 5. The van der Waals surface area contributed by atoms with E-state index in [0.717, 1.165) is 23.8 Å². The van der Waals surface area contributed by atoms with E-state index in [1.165, 1.54) is 22.8 Å². The lowest BCUT2D eigenvalue weighted by Crippen LogP contribution is -2.45. The van der Waals surface area contributed by atoms with Crippen molar-refractivity contribution >= 4 is 52.1 Å². The molecule has 3 aromatic heterocycles. The van der Waals surface area contributed by atoms with Crippen molar-refractivity contribution in [2.45, 2.75) is 48.9 Å². The van der Waals surface area contributed by atoms with Crippen molar-refractivity contribution in [3.05, 3.63) is 92.3 Å². The predicted molar refractivity (Wildman–Crippen MR) is 177 cm³/mol. The van der Waals surface area contributed by atoms with Crippen LogP contribution in [0.1, 0.15) is 64.4 Å². The largest absolute Gasteiger partial charge is 0.505 e. The van der Waals surface area contributed by atoms with Crippen molar-refractivity contribution in [1.82, 2.24) is 24.1 Å². The van der Waals surface area contributed by atoms with Crippen molar-refractivity contribution in [2.24, 2.45) is 0 Å². The third-order valence-corrected chi connectivity index (χ3v) is 11.1. The van der Waals surface area contributed by atoms with Crippen molar-refractivity contribution in [3.8, 4) is 5.75 Å². The summed E-state index contributed by atoms with van der Waals surface area (Å²) in [6.07, 6.45) is 0.197. The molecule has 3 aliphatic rings. The minimum atomic E-state index is -4.60. The number of anilines is 1. The lowest BCUT2D eigenvalue weighted by atomic mass is 9.87. The van der Waals surface area contributed by atoms with Gasteiger partial charge in [-0.3, -0.25) is 14.4 Å². The Kier molecular flexibility index (Phi) is 8.48. The van der Waals surface area contributed by atoms with Crippen molar-refractivity contribution in [1.29, 1.82) is 0 Å². The molecule has 4 aromatic rings. The van der Waals surface area contributed by atoms with Crippen LogP contribution >= 0.6 is 23.4 Å². The van der Waals surface area contributed by atoms with Crippen LogP contribution in [0.4, 0.5) is 18.9 Å². The van der Waals surface area contributed by atoms with Crippen LogP contribution in [0.25, 0.3) is 11.2 Å². The number of aromatic nitrogens is 4. The van der Waals surface area contributed by atoms with Gasteiger partial charge in [-0.2, -0.15) is 22.8 Å². The number of halogens is 4. The van der Waals surface area contributed by atoms with E-state index < -0.39 is 28.3 Å². The molecule has 0 bridgehead atoms. The summed E-state index contributed by atoms with van der Waals surface area (Å²) in [5.41, 5.74) is 1.74. The maximum atomic E-state index is 14.4. The summed E-state index contributed by atoms with van der Waals surface area (Å²) >= 11 is 7.73. The Morgan fingerprint density at radius 1 is 1.20 bits per heavy atom. The predicted octanol–water partition coefficient (Wildman–Crippen LogP) is 5.65. The highest BCUT2D eigenvalue weighted by Crippen LogP contribution is 2.58. The number of alkyl halides is 3. The number of likely N-dealkylation sites (tertiary alicyclic amines) is 1. The number of thioether (sulfide) groups is 1. The third-order valence-electron chi connectivity index (χ3n) is 9.18. The van der Waals surface area contributed by atoms with E-state index >= 15 is 0 Å². The van der Waals surface area contributed by atoms with Crippen LogP contribution in [0.15, 0.2) is 53.5 Å². The monoisotopic (exact) mass is 714 g/mol. The molecule has 2 N–H and O–H groups in total. The van der Waals surface area contributed by atoms with Crippen LogP contribution in [0.2, 0.25) is 5.02 Å². The van der Waals surface area contributed by atoms with E-state index in [4.69, 9.17) is 21.4 Å². The molecule has 0 saturated carbocycles. The Morgan fingerprint density at radius 3 is 2.65 bits per heavy atom. The number of piperidine rings is 1. The summed E-state index contributed by atoms with van der Waals surface area (Å²) < 4.78 is 47.4. The molecule has 1 saturated heterocycles. The maximum Gasteiger partial charge on any atom is 0.416 e. The molecule has 3 aliphatic heterocycles. The first-order valence-corrected chi connectivity index (χ1v) is 16.8. The van der Waals surface area contributed by atoms with E-state index in [2.05, 4.69) is 10.3 Å². The van der Waals surface area contributed by atoms with Gasteiger partial charge < -0.3 is 24.6 Å². The average molecular weight is 715 g/mol. The second-order valence-electron chi connectivity index (χ2n) is 12.2. The summed E-state index contributed by atoms with van der Waals surface area (Å²) in [6, 6.07) is 7.41. The number of carbonyl (C=O) groups excluding carboxylic acids is 2. The zero-order valence-electron chi connectivity index (χ0n) is 26.1. The molecular formula is C33H30ClF3N6O5S. The molecule has 7 rings (SSSR count). The number of benzene rings is 1. The van der Waals surface area contributed by atoms with Gasteiger partial charge in [0.25, 0.3) is 11.5 Å². The maximum absolute atomic E-state index is 14.4. The molecule has 16 heteroatoms. The second kappa shape index (κ2) is 12.5. The van der Waals surface area contributed by atoms with E-state index in [1.807, 2.05) is 13.0 Å². The fourth-order valence-electron chi connectivity index (χ4n) is 6.85. The van der Waals surface area contributed by atoms with E-state index in [9.17, 15) is 32.7 Å². The summed E-state index contributed by atoms with van der Waals surface area (Å²) in [7, 11) is 0. The lowest BCUT2D eigenvalue weighted by Gasteiger charge is -2.39. The molecule has 1 aromatic carbocycles. The number of rotatable bonds is 5. The highest BCUT2D eigenvalue weighted by Gasteiger charge is 2.50. The summed E-state index contributed by atoms with van der Waals surface area (Å²) in [4.78, 5) is 46.9. The Bertz CT molecular complexity index is 2090. The minimum Gasteiger partial charge on any atom is -0.505 e. The normalized spacial score (nSPS) is 18.8. The molecular weight excluding hydrogens is 685 g/mol. The van der Waals surface area contributed by atoms with Gasteiger partial charge in [0.05, 0.1) is 45.5 Å². The van der Waals surface area contributed by atoms with Crippen LogP contribution in [-0.2, 0) is 27.0 Å². The van der Waals surface area contributed by atoms with Crippen molar-refractivity contribution in [2.75, 3.05) is 31.6 Å². The van der Waals surface area contributed by atoms with Gasteiger partial charge in [-0.15, -0.1) is 11.8 Å². The first-order valence-electron chi connectivity index (χ1n) is 15.6. The zero-order chi connectivity index (χ0) is 34.7. The van der Waals surface area contributed by atoms with E-state index in [1.54, 1.807) is 27.3 Å². The molecule has 1 unspecified atom stereocenters. The number of fused-ring (bicyclic) bond motifs is 3. The van der Waals surface area contributed by atoms with Crippen molar-refractivity contribution < 1.29 is 32.6 Å². The number of nitrogens with one attached hydrogen (secondary N) is 1. The fraction of sp³-hybridized carbons (Fsp3) is 0.364. The van der Waals surface area contributed by atoms with Crippen LogP contribution < -0.4 is 10.9 Å². The van der Waals surface area contributed by atoms with E-state index in [-0.39, 0.29) is 39.5 Å². The standard InChI is InChI=1S/C33H30ClF3N6O5S/c1-18-29-27(32(49-18)8-11-41(12-9-32)31(47)28-24(44)3-2-10-38-28)30(46)43-26(16-23(40-43)19-6-13-48-14-7-19)42(29)17-25(45)39-22-5-4-20(15-21(22)34)33(35,36)37/h2-6,10,15-16,18,44H,7-9,11-14,17H2,1H3,(H,39,45). The highest BCUT2D eigenvalue weighted by molar-refractivity contribution is 8.00. The quantitative estimate of drug-likeness (QED) is 0.271. The first-order chi connectivity index (χ1) is 23.4. The third kappa shape index (κ3) is 5.97. The fourth-order valence-corrected chi connectivity index (χ4v) is 8.84. The topological polar surface area (TPSA) is 131 Å². The molecule has 1 fully saturated rings. The highest BCUT2D eigenvalue weighted by atomic mass is 35.5. The van der Waals surface area contributed by atoms with Gasteiger partial charge in [0, 0.05) is 36.3 Å². The van der Waals surface area contributed by atoms with Crippen LogP contribution in [0, 0.1) is 0 Å². The van der Waals surface area contributed by atoms with Gasteiger partial charge in [0.1, 0.15) is 17.9 Å². The molecule has 256 valence electrons. The number of hydrogen-bond donors (Lipinski definition) is 2.